The van der Waals surface area contributed by atoms with Crippen LogP contribution in [0.25, 0.3) is 21.7 Å². The quantitative estimate of drug-likeness (QED) is 0.593. The van der Waals surface area contributed by atoms with Crippen LogP contribution in [0.15, 0.2) is 39.5 Å². The van der Waals surface area contributed by atoms with Gasteiger partial charge < -0.3 is 18.8 Å². The molecule has 0 amide bonds. The molecular formula is C23H28N2O4. The Balaban J connectivity index is 2.01. The fourth-order valence-corrected chi connectivity index (χ4v) is 4.08. The molecule has 3 aromatic rings. The van der Waals surface area contributed by atoms with Crippen molar-refractivity contribution in [2.24, 2.45) is 0 Å². The number of methoxy groups -OCH3 is 1. The molecule has 1 saturated heterocycles. The first kappa shape index (κ1) is 19.7. The Morgan fingerprint density at radius 1 is 1.14 bits per heavy atom. The second-order valence-corrected chi connectivity index (χ2v) is 7.28. The van der Waals surface area contributed by atoms with Gasteiger partial charge in [-0.15, -0.1) is 0 Å². The van der Waals surface area contributed by atoms with Crippen molar-refractivity contribution in [2.45, 2.75) is 20.4 Å². The van der Waals surface area contributed by atoms with E-state index in [-0.39, 0.29) is 5.43 Å². The summed E-state index contributed by atoms with van der Waals surface area (Å²) in [5.41, 5.74) is 1.25. The van der Waals surface area contributed by atoms with Gasteiger partial charge >= 0.3 is 0 Å². The summed E-state index contributed by atoms with van der Waals surface area (Å²) in [7, 11) is 1.61. The van der Waals surface area contributed by atoms with Crippen LogP contribution in [-0.2, 0) is 11.3 Å². The van der Waals surface area contributed by atoms with E-state index in [9.17, 15) is 4.79 Å². The monoisotopic (exact) mass is 396 g/mol. The third-order valence-corrected chi connectivity index (χ3v) is 5.68. The Labute approximate surface area is 170 Å². The van der Waals surface area contributed by atoms with Gasteiger partial charge in [0.05, 0.1) is 31.3 Å². The molecule has 154 valence electrons. The van der Waals surface area contributed by atoms with Crippen LogP contribution in [0.2, 0.25) is 0 Å². The average Bonchev–Trinajstić information content (AvgIpc) is 2.76. The highest BCUT2D eigenvalue weighted by Crippen LogP contribution is 2.35. The Morgan fingerprint density at radius 2 is 1.86 bits per heavy atom. The van der Waals surface area contributed by atoms with Crippen molar-refractivity contribution in [2.75, 3.05) is 51.4 Å². The van der Waals surface area contributed by atoms with Crippen molar-refractivity contribution in [1.29, 1.82) is 0 Å². The second-order valence-electron chi connectivity index (χ2n) is 7.28. The summed E-state index contributed by atoms with van der Waals surface area (Å²) in [5, 5.41) is 2.46. The lowest BCUT2D eigenvalue weighted by molar-refractivity contribution is 0.0339. The zero-order valence-corrected chi connectivity index (χ0v) is 17.4. The molecule has 0 bridgehead atoms. The Hall–Kier alpha value is -2.57. The van der Waals surface area contributed by atoms with Crippen molar-refractivity contribution in [3.05, 3.63) is 46.1 Å². The number of nitrogens with zero attached hydrogens (tertiary/aromatic N) is 2. The van der Waals surface area contributed by atoms with Gasteiger partial charge in [0.1, 0.15) is 0 Å². The molecule has 0 unspecified atom stereocenters. The number of anilines is 1. The molecule has 0 radical (unpaired) electrons. The van der Waals surface area contributed by atoms with Crippen LogP contribution in [-0.4, -0.2) is 51.4 Å². The Morgan fingerprint density at radius 3 is 2.55 bits per heavy atom. The van der Waals surface area contributed by atoms with Gasteiger partial charge in [0.25, 0.3) is 0 Å². The third kappa shape index (κ3) is 3.58. The maximum Gasteiger partial charge on any atom is 0.204 e. The summed E-state index contributed by atoms with van der Waals surface area (Å²) >= 11 is 0. The largest absolute Gasteiger partial charge is 0.493 e. The van der Waals surface area contributed by atoms with Gasteiger partial charge in [0.2, 0.25) is 5.88 Å². The number of ether oxygens (including phenoxy) is 2. The van der Waals surface area contributed by atoms with Crippen molar-refractivity contribution >= 4 is 27.6 Å². The highest BCUT2D eigenvalue weighted by molar-refractivity contribution is 6.08. The number of hydrogen-bond donors (Lipinski definition) is 0. The fraction of sp³-hybridized carbons (Fsp3) is 0.435. The first-order valence-electron chi connectivity index (χ1n) is 10.3. The summed E-state index contributed by atoms with van der Waals surface area (Å²) in [6.07, 6.45) is 0. The molecule has 2 heterocycles. The third-order valence-electron chi connectivity index (χ3n) is 5.68. The molecule has 1 fully saturated rings. The normalized spacial score (nSPS) is 15.1. The van der Waals surface area contributed by atoms with Gasteiger partial charge in [-0.2, -0.15) is 0 Å². The Bertz CT molecular complexity index is 1070. The van der Waals surface area contributed by atoms with Crippen LogP contribution >= 0.6 is 0 Å². The van der Waals surface area contributed by atoms with Crippen molar-refractivity contribution in [3.8, 4) is 5.75 Å². The number of morpholine rings is 1. The fourth-order valence-electron chi connectivity index (χ4n) is 4.08. The number of rotatable bonds is 6. The zero-order chi connectivity index (χ0) is 20.4. The van der Waals surface area contributed by atoms with Crippen LogP contribution in [0.4, 0.5) is 5.88 Å². The standard InChI is InChI=1S/C23H28N2O4/c1-4-25(5-2)23-18(15-24-10-12-28-13-11-24)21(26)20-17-9-7-6-8-16(17)14-19(27-3)22(20)29-23/h6-9,14H,4-5,10-13,15H2,1-3H3. The summed E-state index contributed by atoms with van der Waals surface area (Å²) in [6.45, 7) is 9.23. The molecule has 1 aromatic heterocycles. The smallest absolute Gasteiger partial charge is 0.204 e. The van der Waals surface area contributed by atoms with E-state index in [2.05, 4.69) is 23.6 Å². The van der Waals surface area contributed by atoms with E-state index in [1.165, 1.54) is 0 Å². The van der Waals surface area contributed by atoms with Gasteiger partial charge in [-0.1, -0.05) is 24.3 Å². The topological polar surface area (TPSA) is 55.2 Å². The van der Waals surface area contributed by atoms with E-state index in [1.807, 2.05) is 30.3 Å². The predicted octanol–water partition coefficient (Wildman–Crippen LogP) is 3.63. The molecule has 6 heteroatoms. The lowest BCUT2D eigenvalue weighted by Gasteiger charge is -2.29. The number of fused-ring (bicyclic) bond motifs is 3. The van der Waals surface area contributed by atoms with Gasteiger partial charge in [-0.25, -0.2) is 0 Å². The van der Waals surface area contributed by atoms with Gasteiger partial charge in [0.15, 0.2) is 16.8 Å². The minimum absolute atomic E-state index is 0.0229. The van der Waals surface area contributed by atoms with Crippen molar-refractivity contribution in [1.82, 2.24) is 4.90 Å². The van der Waals surface area contributed by atoms with Crippen LogP contribution in [0.1, 0.15) is 19.4 Å². The molecule has 29 heavy (non-hydrogen) atoms. The summed E-state index contributed by atoms with van der Waals surface area (Å²) < 4.78 is 17.5. The maximum atomic E-state index is 13.8. The van der Waals surface area contributed by atoms with Crippen LogP contribution < -0.4 is 15.1 Å². The molecule has 0 aliphatic carbocycles. The van der Waals surface area contributed by atoms with E-state index in [0.717, 1.165) is 37.0 Å². The van der Waals surface area contributed by atoms with E-state index >= 15 is 0 Å². The molecule has 6 nitrogen and oxygen atoms in total. The number of benzene rings is 2. The molecule has 1 aliphatic rings. The van der Waals surface area contributed by atoms with E-state index < -0.39 is 0 Å². The minimum Gasteiger partial charge on any atom is -0.493 e. The highest BCUT2D eigenvalue weighted by atomic mass is 16.5. The van der Waals surface area contributed by atoms with Crippen LogP contribution in [0, 0.1) is 0 Å². The highest BCUT2D eigenvalue weighted by Gasteiger charge is 2.24. The minimum atomic E-state index is 0.0229. The molecule has 1 aliphatic heterocycles. The molecule has 0 spiro atoms. The Kier molecular flexibility index (Phi) is 5.74. The summed E-state index contributed by atoms with van der Waals surface area (Å²) in [6, 6.07) is 9.83. The first-order valence-corrected chi connectivity index (χ1v) is 10.3. The van der Waals surface area contributed by atoms with E-state index in [4.69, 9.17) is 13.9 Å². The molecule has 0 saturated carbocycles. The van der Waals surface area contributed by atoms with Crippen molar-refractivity contribution < 1.29 is 13.9 Å². The van der Waals surface area contributed by atoms with Gasteiger partial charge in [-0.05, 0) is 30.7 Å². The van der Waals surface area contributed by atoms with Gasteiger partial charge in [-0.3, -0.25) is 9.69 Å². The molecular weight excluding hydrogens is 368 g/mol. The lowest BCUT2D eigenvalue weighted by Crippen LogP contribution is -2.38. The average molecular weight is 396 g/mol. The molecule has 2 aromatic carbocycles. The second kappa shape index (κ2) is 8.43. The van der Waals surface area contributed by atoms with E-state index in [0.29, 0.717) is 47.9 Å². The molecule has 0 N–H and O–H groups in total. The predicted molar refractivity (Wildman–Crippen MR) is 116 cm³/mol. The van der Waals surface area contributed by atoms with Crippen LogP contribution in [0.3, 0.4) is 0 Å². The van der Waals surface area contributed by atoms with E-state index in [1.54, 1.807) is 7.11 Å². The zero-order valence-electron chi connectivity index (χ0n) is 17.4. The SMILES string of the molecule is CCN(CC)c1oc2c(OC)cc3ccccc3c2c(=O)c1CN1CCOCC1. The number of hydrogen-bond acceptors (Lipinski definition) is 6. The van der Waals surface area contributed by atoms with Crippen molar-refractivity contribution in [3.63, 3.8) is 0 Å². The lowest BCUT2D eigenvalue weighted by atomic mass is 10.0. The first-order chi connectivity index (χ1) is 14.2. The summed E-state index contributed by atoms with van der Waals surface area (Å²) in [4.78, 5) is 18.2. The van der Waals surface area contributed by atoms with Gasteiger partial charge in [0, 0.05) is 32.7 Å². The molecule has 0 atom stereocenters. The van der Waals surface area contributed by atoms with Crippen LogP contribution in [0.5, 0.6) is 5.75 Å². The summed E-state index contributed by atoms with van der Waals surface area (Å²) in [5.74, 6) is 1.23. The molecule has 4 rings (SSSR count). The maximum absolute atomic E-state index is 13.8.